The summed E-state index contributed by atoms with van der Waals surface area (Å²) >= 11 is 0. The van der Waals surface area contributed by atoms with Crippen LogP contribution >= 0.6 is 0 Å². The van der Waals surface area contributed by atoms with E-state index in [1.165, 1.54) is 30.5 Å². The van der Waals surface area contributed by atoms with E-state index in [1.54, 1.807) is 12.1 Å². The van der Waals surface area contributed by atoms with Gasteiger partial charge in [0.25, 0.3) is 11.8 Å². The van der Waals surface area contributed by atoms with E-state index in [-0.39, 0.29) is 22.2 Å². The van der Waals surface area contributed by atoms with Crippen molar-refractivity contribution < 1.29 is 18.0 Å². The Balaban J connectivity index is 1.56. The van der Waals surface area contributed by atoms with Gasteiger partial charge in [-0.25, -0.2) is 18.0 Å². The van der Waals surface area contributed by atoms with Crippen LogP contribution in [0, 0.1) is 0 Å². The predicted molar refractivity (Wildman–Crippen MR) is 99.0 cm³/mol. The zero-order valence-electron chi connectivity index (χ0n) is 14.6. The minimum atomic E-state index is -3.63. The number of imide groups is 1. The number of fused-ring (bicyclic) bond motifs is 1. The summed E-state index contributed by atoms with van der Waals surface area (Å²) in [5, 5.41) is 0. The Morgan fingerprint density at radius 1 is 0.963 bits per heavy atom. The van der Waals surface area contributed by atoms with Crippen molar-refractivity contribution in [1.29, 1.82) is 0 Å². The summed E-state index contributed by atoms with van der Waals surface area (Å²) in [6.07, 6.45) is 6.35. The highest BCUT2D eigenvalue weighted by molar-refractivity contribution is 7.89. The molecule has 1 N–H and O–H groups in total. The van der Waals surface area contributed by atoms with Crippen LogP contribution in [0.5, 0.6) is 0 Å². The predicted octanol–water partition coefficient (Wildman–Crippen LogP) is 2.49. The molecule has 0 radical (unpaired) electrons. The number of anilines is 1. The molecule has 27 heavy (non-hydrogen) atoms. The Kier molecular flexibility index (Phi) is 4.53. The first-order valence-electron chi connectivity index (χ1n) is 8.93. The second kappa shape index (κ2) is 6.86. The van der Waals surface area contributed by atoms with Gasteiger partial charge in [0.05, 0.1) is 16.1 Å². The molecule has 2 aliphatic rings. The number of amides is 2. The number of hydrogen-bond donors (Lipinski definition) is 1. The molecule has 2 aromatic rings. The zero-order chi connectivity index (χ0) is 19.0. The first kappa shape index (κ1) is 17.8. The molecule has 2 heterocycles. The average molecular weight is 385 g/mol. The third-order valence-corrected chi connectivity index (χ3v) is 6.52. The lowest BCUT2D eigenvalue weighted by Crippen LogP contribution is -2.36. The van der Waals surface area contributed by atoms with Gasteiger partial charge in [0.15, 0.2) is 0 Å². The van der Waals surface area contributed by atoms with Crippen molar-refractivity contribution in [2.45, 2.75) is 43.0 Å². The zero-order valence-corrected chi connectivity index (χ0v) is 15.4. The molecule has 0 unspecified atom stereocenters. The summed E-state index contributed by atoms with van der Waals surface area (Å²) < 4.78 is 27.9. The van der Waals surface area contributed by atoms with E-state index < -0.39 is 21.8 Å². The van der Waals surface area contributed by atoms with E-state index in [0.717, 1.165) is 37.0 Å². The van der Waals surface area contributed by atoms with Crippen LogP contribution in [-0.4, -0.2) is 31.3 Å². The van der Waals surface area contributed by atoms with Gasteiger partial charge in [-0.2, -0.15) is 0 Å². The van der Waals surface area contributed by atoms with E-state index in [0.29, 0.717) is 5.69 Å². The van der Waals surface area contributed by atoms with Gasteiger partial charge in [-0.05, 0) is 49.2 Å². The summed E-state index contributed by atoms with van der Waals surface area (Å²) in [7, 11) is -3.63. The van der Waals surface area contributed by atoms with Gasteiger partial charge in [-0.15, -0.1) is 0 Å². The molecule has 0 atom stereocenters. The minimum absolute atomic E-state index is 0.0364. The molecule has 0 bridgehead atoms. The van der Waals surface area contributed by atoms with Gasteiger partial charge in [-0.3, -0.25) is 14.6 Å². The summed E-state index contributed by atoms with van der Waals surface area (Å²) in [5.74, 6) is -0.967. The van der Waals surface area contributed by atoms with Gasteiger partial charge in [0, 0.05) is 12.2 Å². The molecular formula is C19H19N3O4S. The molecule has 1 aliphatic heterocycles. The fraction of sp³-hybridized carbons (Fsp3) is 0.316. The number of benzene rings is 1. The highest BCUT2D eigenvalue weighted by Gasteiger charge is 2.37. The van der Waals surface area contributed by atoms with E-state index >= 15 is 0 Å². The number of nitrogens with zero attached hydrogens (tertiary/aromatic N) is 2. The van der Waals surface area contributed by atoms with Crippen molar-refractivity contribution in [2.75, 3.05) is 4.90 Å². The molecule has 1 aromatic carbocycles. The summed E-state index contributed by atoms with van der Waals surface area (Å²) in [5.41, 5.74) is 0.677. The molecule has 8 heteroatoms. The molecule has 1 fully saturated rings. The normalized spacial score (nSPS) is 18.0. The van der Waals surface area contributed by atoms with Crippen LogP contribution in [0.4, 0.5) is 5.69 Å². The SMILES string of the molecule is O=C1c2cccnc2C(=O)N1c1ccc(S(=O)(=O)NC2CCCCC2)cc1. The van der Waals surface area contributed by atoms with E-state index in [9.17, 15) is 18.0 Å². The average Bonchev–Trinajstić information content (AvgIpc) is 2.93. The van der Waals surface area contributed by atoms with Crippen molar-refractivity contribution in [3.63, 3.8) is 0 Å². The quantitative estimate of drug-likeness (QED) is 0.816. The summed E-state index contributed by atoms with van der Waals surface area (Å²) in [6, 6.07) is 8.88. The van der Waals surface area contributed by atoms with Crippen molar-refractivity contribution in [2.24, 2.45) is 0 Å². The number of nitrogens with one attached hydrogen (secondary N) is 1. The van der Waals surface area contributed by atoms with Crippen molar-refractivity contribution in [3.8, 4) is 0 Å². The number of pyridine rings is 1. The first-order valence-corrected chi connectivity index (χ1v) is 10.4. The molecule has 2 amide bonds. The molecule has 7 nitrogen and oxygen atoms in total. The number of aromatic nitrogens is 1. The third kappa shape index (κ3) is 3.26. The van der Waals surface area contributed by atoms with Crippen LogP contribution in [0.2, 0.25) is 0 Å². The minimum Gasteiger partial charge on any atom is -0.268 e. The summed E-state index contributed by atoms with van der Waals surface area (Å²) in [4.78, 5) is 30.1. The van der Waals surface area contributed by atoms with Gasteiger partial charge in [0.2, 0.25) is 10.0 Å². The highest BCUT2D eigenvalue weighted by atomic mass is 32.2. The Morgan fingerprint density at radius 2 is 1.67 bits per heavy atom. The van der Waals surface area contributed by atoms with E-state index in [1.807, 2.05) is 0 Å². The van der Waals surface area contributed by atoms with Crippen LogP contribution in [0.3, 0.4) is 0 Å². The van der Waals surface area contributed by atoms with Crippen molar-refractivity contribution in [3.05, 3.63) is 53.9 Å². The third-order valence-electron chi connectivity index (χ3n) is 4.98. The van der Waals surface area contributed by atoms with Gasteiger partial charge in [-0.1, -0.05) is 19.3 Å². The summed E-state index contributed by atoms with van der Waals surface area (Å²) in [6.45, 7) is 0. The van der Waals surface area contributed by atoms with Crippen LogP contribution in [0.1, 0.15) is 53.0 Å². The van der Waals surface area contributed by atoms with Crippen molar-refractivity contribution in [1.82, 2.24) is 9.71 Å². The lowest BCUT2D eigenvalue weighted by atomic mass is 9.96. The Hall–Kier alpha value is -2.58. The highest BCUT2D eigenvalue weighted by Crippen LogP contribution is 2.28. The molecule has 4 rings (SSSR count). The van der Waals surface area contributed by atoms with E-state index in [4.69, 9.17) is 0 Å². The van der Waals surface area contributed by atoms with Crippen LogP contribution in [0.25, 0.3) is 0 Å². The lowest BCUT2D eigenvalue weighted by Gasteiger charge is -2.22. The van der Waals surface area contributed by atoms with Crippen LogP contribution in [-0.2, 0) is 10.0 Å². The Bertz CT molecular complexity index is 961. The number of sulfonamides is 1. The molecule has 1 aliphatic carbocycles. The largest absolute Gasteiger partial charge is 0.284 e. The maximum Gasteiger partial charge on any atom is 0.284 e. The lowest BCUT2D eigenvalue weighted by molar-refractivity contribution is 0.0924. The first-order chi connectivity index (χ1) is 13.0. The van der Waals surface area contributed by atoms with Crippen LogP contribution < -0.4 is 9.62 Å². The second-order valence-electron chi connectivity index (χ2n) is 6.80. The maximum atomic E-state index is 12.6. The molecule has 1 aromatic heterocycles. The number of hydrogen-bond acceptors (Lipinski definition) is 5. The molecule has 0 saturated heterocycles. The van der Waals surface area contributed by atoms with Gasteiger partial charge in [0.1, 0.15) is 5.69 Å². The molecule has 1 saturated carbocycles. The van der Waals surface area contributed by atoms with Gasteiger partial charge >= 0.3 is 0 Å². The molecule has 0 spiro atoms. The Morgan fingerprint density at radius 3 is 2.33 bits per heavy atom. The smallest absolute Gasteiger partial charge is 0.268 e. The molecular weight excluding hydrogens is 366 g/mol. The van der Waals surface area contributed by atoms with Crippen LogP contribution in [0.15, 0.2) is 47.5 Å². The number of carbonyl (C=O) groups excluding carboxylic acids is 2. The monoisotopic (exact) mass is 385 g/mol. The second-order valence-corrected chi connectivity index (χ2v) is 8.51. The topological polar surface area (TPSA) is 96.4 Å². The van der Waals surface area contributed by atoms with Crippen molar-refractivity contribution >= 4 is 27.5 Å². The Labute approximate surface area is 157 Å². The maximum absolute atomic E-state index is 12.6. The standard InChI is InChI=1S/C19H19N3O4S/c23-18-16-7-4-12-20-17(16)19(24)22(18)14-8-10-15(11-9-14)27(25,26)21-13-5-2-1-3-6-13/h4,7-13,21H,1-3,5-6H2. The van der Waals surface area contributed by atoms with E-state index in [2.05, 4.69) is 9.71 Å². The van der Waals surface area contributed by atoms with Gasteiger partial charge < -0.3 is 0 Å². The number of rotatable bonds is 4. The molecule has 140 valence electrons. The fourth-order valence-corrected chi connectivity index (χ4v) is 4.89. The fourth-order valence-electron chi connectivity index (χ4n) is 3.58. The number of carbonyl (C=O) groups is 2.